The molecule has 41 heavy (non-hydrogen) atoms. The summed E-state index contributed by atoms with van der Waals surface area (Å²) in [7, 11) is -4.22. The number of hydrogen-bond donors (Lipinski definition) is 1. The summed E-state index contributed by atoms with van der Waals surface area (Å²) in [4.78, 5) is 28.6. The number of benzene rings is 3. The summed E-state index contributed by atoms with van der Waals surface area (Å²) in [5, 5.41) is 4.03. The lowest BCUT2D eigenvalue weighted by atomic mass is 10.1. The van der Waals surface area contributed by atoms with Gasteiger partial charge in [-0.25, -0.2) is 8.42 Å². The summed E-state index contributed by atoms with van der Waals surface area (Å²) in [5.41, 5.74) is 0.773. The van der Waals surface area contributed by atoms with Crippen molar-refractivity contribution in [3.05, 3.63) is 92.4 Å². The van der Waals surface area contributed by atoms with Gasteiger partial charge in [-0.05, 0) is 67.8 Å². The molecule has 218 valence electrons. The zero-order valence-electron chi connectivity index (χ0n) is 22.2. The van der Waals surface area contributed by atoms with E-state index in [0.717, 1.165) is 30.0 Å². The quantitative estimate of drug-likeness (QED) is 0.255. The van der Waals surface area contributed by atoms with E-state index in [4.69, 9.17) is 46.4 Å². The molecule has 1 saturated carbocycles. The summed E-state index contributed by atoms with van der Waals surface area (Å²) in [5.74, 6) is -0.923. The number of hydrogen-bond acceptors (Lipinski definition) is 4. The molecule has 0 spiro atoms. The monoisotopic (exact) mass is 655 g/mol. The van der Waals surface area contributed by atoms with Crippen LogP contribution >= 0.6 is 46.4 Å². The third-order valence-electron chi connectivity index (χ3n) is 7.01. The van der Waals surface area contributed by atoms with E-state index >= 15 is 0 Å². The van der Waals surface area contributed by atoms with Crippen molar-refractivity contribution in [2.75, 3.05) is 10.8 Å². The van der Waals surface area contributed by atoms with Crippen molar-refractivity contribution < 1.29 is 18.0 Å². The van der Waals surface area contributed by atoms with E-state index in [9.17, 15) is 18.0 Å². The highest BCUT2D eigenvalue weighted by atomic mass is 35.5. The zero-order valence-corrected chi connectivity index (χ0v) is 26.0. The van der Waals surface area contributed by atoms with Crippen LogP contribution in [-0.4, -0.2) is 43.8 Å². The van der Waals surface area contributed by atoms with E-state index in [1.165, 1.54) is 35.2 Å². The Bertz CT molecular complexity index is 1520. The Kier molecular flexibility index (Phi) is 10.5. The van der Waals surface area contributed by atoms with Gasteiger partial charge in [0.25, 0.3) is 10.0 Å². The summed E-state index contributed by atoms with van der Waals surface area (Å²) >= 11 is 24.6. The van der Waals surface area contributed by atoms with E-state index in [1.54, 1.807) is 43.3 Å². The molecular weight excluding hydrogens is 628 g/mol. The molecular formula is C29H29Cl4N3O4S. The first-order valence-electron chi connectivity index (χ1n) is 13.0. The highest BCUT2D eigenvalue weighted by molar-refractivity contribution is 7.92. The lowest BCUT2D eigenvalue weighted by Gasteiger charge is -2.32. The fourth-order valence-electron chi connectivity index (χ4n) is 4.70. The fraction of sp³-hybridized carbons (Fsp3) is 0.310. The first-order chi connectivity index (χ1) is 19.5. The van der Waals surface area contributed by atoms with Crippen LogP contribution in [0.4, 0.5) is 5.69 Å². The van der Waals surface area contributed by atoms with Crippen molar-refractivity contribution in [1.29, 1.82) is 0 Å². The third kappa shape index (κ3) is 7.67. The van der Waals surface area contributed by atoms with Gasteiger partial charge in [-0.3, -0.25) is 13.9 Å². The summed E-state index contributed by atoms with van der Waals surface area (Å²) in [6.45, 7) is 1.02. The van der Waals surface area contributed by atoms with Gasteiger partial charge in [0.05, 0.1) is 30.7 Å². The summed E-state index contributed by atoms with van der Waals surface area (Å²) < 4.78 is 28.6. The molecule has 3 aromatic carbocycles. The molecule has 12 heteroatoms. The smallest absolute Gasteiger partial charge is 0.264 e. The number of carbonyl (C=O) groups is 2. The van der Waals surface area contributed by atoms with Crippen molar-refractivity contribution >= 4 is 73.9 Å². The molecule has 1 fully saturated rings. The van der Waals surface area contributed by atoms with Crippen molar-refractivity contribution in [1.82, 2.24) is 10.2 Å². The standard InChI is InChI=1S/C29H29Cl4N3O4S/c1-19(29(38)34-21-7-5-6-8-21)35(17-20-11-13-24(30)26(32)15-20)28(37)18-36(22-12-14-25(31)27(33)16-22)41(39,40)23-9-3-2-4-10-23/h2-4,9-16,19,21H,5-8,17-18H2,1H3,(H,34,38)/t19-/m0/s1. The van der Waals surface area contributed by atoms with E-state index in [2.05, 4.69) is 5.32 Å². The van der Waals surface area contributed by atoms with E-state index in [0.29, 0.717) is 15.6 Å². The summed E-state index contributed by atoms with van der Waals surface area (Å²) in [6, 6.07) is 16.1. The largest absolute Gasteiger partial charge is 0.352 e. The molecule has 0 heterocycles. The second-order valence-corrected chi connectivity index (χ2v) is 13.4. The van der Waals surface area contributed by atoms with Crippen LogP contribution in [0, 0.1) is 0 Å². The van der Waals surface area contributed by atoms with Gasteiger partial charge in [0.15, 0.2) is 0 Å². The third-order valence-corrected chi connectivity index (χ3v) is 10.3. The molecule has 0 aromatic heterocycles. The Balaban J connectivity index is 1.70. The van der Waals surface area contributed by atoms with E-state index < -0.39 is 28.5 Å². The van der Waals surface area contributed by atoms with Gasteiger partial charge in [0.2, 0.25) is 11.8 Å². The molecule has 1 aliphatic rings. The minimum Gasteiger partial charge on any atom is -0.352 e. The molecule has 3 aromatic rings. The fourth-order valence-corrected chi connectivity index (χ4v) is 6.74. The molecule has 1 atom stereocenters. The molecule has 0 unspecified atom stereocenters. The van der Waals surface area contributed by atoms with Gasteiger partial charge in [0, 0.05) is 12.6 Å². The lowest BCUT2D eigenvalue weighted by molar-refractivity contribution is -0.139. The molecule has 4 rings (SSSR count). The van der Waals surface area contributed by atoms with E-state index in [-0.39, 0.29) is 39.1 Å². The molecule has 0 radical (unpaired) electrons. The molecule has 0 saturated heterocycles. The number of sulfonamides is 1. The van der Waals surface area contributed by atoms with E-state index in [1.807, 2.05) is 0 Å². The molecule has 0 aliphatic heterocycles. The maximum atomic E-state index is 14.0. The van der Waals surface area contributed by atoms with Crippen molar-refractivity contribution in [3.8, 4) is 0 Å². The van der Waals surface area contributed by atoms with Crippen LogP contribution in [0.25, 0.3) is 0 Å². The highest BCUT2D eigenvalue weighted by Crippen LogP contribution is 2.31. The second kappa shape index (κ2) is 13.7. The van der Waals surface area contributed by atoms with Crippen LogP contribution in [0.15, 0.2) is 71.6 Å². The van der Waals surface area contributed by atoms with Gasteiger partial charge in [-0.1, -0.05) is 83.5 Å². The Morgan fingerprint density at radius 1 is 0.878 bits per heavy atom. The van der Waals surface area contributed by atoms with Crippen LogP contribution in [0.5, 0.6) is 0 Å². The minimum absolute atomic E-state index is 0.00439. The number of nitrogens with one attached hydrogen (secondary N) is 1. The Morgan fingerprint density at radius 3 is 2.10 bits per heavy atom. The second-order valence-electron chi connectivity index (χ2n) is 9.86. The Labute approximate surface area is 260 Å². The Hall–Kier alpha value is -2.49. The maximum absolute atomic E-state index is 14.0. The molecule has 1 aliphatic carbocycles. The number of amides is 2. The average Bonchev–Trinajstić information content (AvgIpc) is 3.46. The number of nitrogens with zero attached hydrogens (tertiary/aromatic N) is 2. The predicted octanol–water partition coefficient (Wildman–Crippen LogP) is 6.97. The maximum Gasteiger partial charge on any atom is 0.264 e. The van der Waals surface area contributed by atoms with Crippen molar-refractivity contribution in [2.45, 2.75) is 56.1 Å². The van der Waals surface area contributed by atoms with Crippen LogP contribution in [0.1, 0.15) is 38.2 Å². The Morgan fingerprint density at radius 2 is 1.49 bits per heavy atom. The average molecular weight is 657 g/mol. The number of carbonyl (C=O) groups excluding carboxylic acids is 2. The van der Waals surface area contributed by atoms with Crippen LogP contribution in [0.2, 0.25) is 20.1 Å². The lowest BCUT2D eigenvalue weighted by Crippen LogP contribution is -2.52. The topological polar surface area (TPSA) is 86.8 Å². The first kappa shape index (κ1) is 31.4. The van der Waals surface area contributed by atoms with Gasteiger partial charge in [0.1, 0.15) is 12.6 Å². The minimum atomic E-state index is -4.22. The van der Waals surface area contributed by atoms with Crippen molar-refractivity contribution in [2.24, 2.45) is 0 Å². The van der Waals surface area contributed by atoms with Crippen molar-refractivity contribution in [3.63, 3.8) is 0 Å². The molecule has 0 bridgehead atoms. The highest BCUT2D eigenvalue weighted by Gasteiger charge is 2.33. The van der Waals surface area contributed by atoms with Gasteiger partial charge < -0.3 is 10.2 Å². The molecule has 2 amide bonds. The zero-order chi connectivity index (χ0) is 29.7. The number of rotatable bonds is 10. The number of anilines is 1. The summed E-state index contributed by atoms with van der Waals surface area (Å²) in [6.07, 6.45) is 3.81. The molecule has 1 N–H and O–H groups in total. The number of halogens is 4. The predicted molar refractivity (Wildman–Crippen MR) is 164 cm³/mol. The van der Waals surface area contributed by atoms with Crippen LogP contribution in [-0.2, 0) is 26.2 Å². The van der Waals surface area contributed by atoms with Crippen LogP contribution in [0.3, 0.4) is 0 Å². The van der Waals surface area contributed by atoms with Gasteiger partial charge in [-0.2, -0.15) is 0 Å². The SMILES string of the molecule is C[C@@H](C(=O)NC1CCCC1)N(Cc1ccc(Cl)c(Cl)c1)C(=O)CN(c1ccc(Cl)c(Cl)c1)S(=O)(=O)c1ccccc1. The normalized spacial score (nSPS) is 14.5. The van der Waals surface area contributed by atoms with Crippen LogP contribution < -0.4 is 9.62 Å². The molecule has 7 nitrogen and oxygen atoms in total. The van der Waals surface area contributed by atoms with Gasteiger partial charge in [-0.15, -0.1) is 0 Å². The van der Waals surface area contributed by atoms with Gasteiger partial charge >= 0.3 is 0 Å². The first-order valence-corrected chi connectivity index (χ1v) is 16.0.